The molecule has 0 aliphatic rings. The maximum atomic E-state index is 13.4. The van der Waals surface area contributed by atoms with Gasteiger partial charge in [-0.1, -0.05) is 53.7 Å². The van der Waals surface area contributed by atoms with Gasteiger partial charge in [0.1, 0.15) is 0 Å². The Morgan fingerprint density at radius 2 is 1.87 bits per heavy atom. The first-order valence-corrected chi connectivity index (χ1v) is 10.9. The van der Waals surface area contributed by atoms with Gasteiger partial charge in [-0.05, 0) is 38.1 Å². The van der Waals surface area contributed by atoms with E-state index in [1.165, 1.54) is 11.8 Å². The number of thioether (sulfide) groups is 1. The molecule has 0 radical (unpaired) electrons. The summed E-state index contributed by atoms with van der Waals surface area (Å²) < 4.78 is 8.91. The maximum Gasteiger partial charge on any atom is 0.267 e. The molecular formula is C22H20N6O2S. The molecule has 5 rings (SSSR count). The molecule has 0 aliphatic heterocycles. The number of para-hydroxylation sites is 1. The number of hydrogen-bond acceptors (Lipinski definition) is 7. The highest BCUT2D eigenvalue weighted by Crippen LogP contribution is 2.34. The molecule has 0 fully saturated rings. The van der Waals surface area contributed by atoms with E-state index in [9.17, 15) is 4.79 Å². The monoisotopic (exact) mass is 432 g/mol. The third-order valence-corrected chi connectivity index (χ3v) is 6.15. The maximum absolute atomic E-state index is 13.4. The van der Waals surface area contributed by atoms with E-state index in [2.05, 4.69) is 20.3 Å². The predicted octanol–water partition coefficient (Wildman–Crippen LogP) is 4.14. The quantitative estimate of drug-likeness (QED) is 0.386. The van der Waals surface area contributed by atoms with Gasteiger partial charge in [-0.3, -0.25) is 9.20 Å². The van der Waals surface area contributed by atoms with Crippen LogP contribution in [0.25, 0.3) is 22.4 Å². The SMILES string of the molecule is CCc1noc(C(C)Sc2nnc3n(-c4ccc(C)cc4)c(=O)c4ccccc4n23)n1. The molecule has 0 spiro atoms. The molecule has 5 aromatic rings. The Morgan fingerprint density at radius 3 is 2.61 bits per heavy atom. The molecule has 0 bridgehead atoms. The Morgan fingerprint density at radius 1 is 1.10 bits per heavy atom. The summed E-state index contributed by atoms with van der Waals surface area (Å²) in [7, 11) is 0. The normalized spacial score (nSPS) is 12.6. The van der Waals surface area contributed by atoms with E-state index in [4.69, 9.17) is 4.52 Å². The highest BCUT2D eigenvalue weighted by Gasteiger charge is 2.22. The number of aromatic nitrogens is 6. The number of rotatable bonds is 5. The fourth-order valence-corrected chi connectivity index (χ4v) is 4.35. The van der Waals surface area contributed by atoms with Crippen LogP contribution in [0.5, 0.6) is 0 Å². The molecule has 0 amide bonds. The summed E-state index contributed by atoms with van der Waals surface area (Å²) in [5, 5.41) is 13.9. The topological polar surface area (TPSA) is 91.1 Å². The minimum absolute atomic E-state index is 0.126. The van der Waals surface area contributed by atoms with Crippen LogP contribution in [0.1, 0.15) is 36.4 Å². The Balaban J connectivity index is 1.71. The van der Waals surface area contributed by atoms with Crippen LogP contribution in [0.4, 0.5) is 0 Å². The molecule has 2 aromatic carbocycles. The zero-order valence-electron chi connectivity index (χ0n) is 17.3. The highest BCUT2D eigenvalue weighted by molar-refractivity contribution is 7.99. The summed E-state index contributed by atoms with van der Waals surface area (Å²) in [6.07, 6.45) is 0.711. The summed E-state index contributed by atoms with van der Waals surface area (Å²) in [5.74, 6) is 1.67. The average Bonchev–Trinajstić information content (AvgIpc) is 3.43. The minimum Gasteiger partial charge on any atom is -0.338 e. The average molecular weight is 433 g/mol. The van der Waals surface area contributed by atoms with Crippen LogP contribution in [0, 0.1) is 6.92 Å². The van der Waals surface area contributed by atoms with Crippen molar-refractivity contribution in [1.29, 1.82) is 0 Å². The van der Waals surface area contributed by atoms with Gasteiger partial charge in [0, 0.05) is 6.42 Å². The van der Waals surface area contributed by atoms with E-state index in [0.29, 0.717) is 34.5 Å². The zero-order valence-corrected chi connectivity index (χ0v) is 18.1. The summed E-state index contributed by atoms with van der Waals surface area (Å²) in [5.41, 5.74) is 2.48. The molecule has 1 unspecified atom stereocenters. The molecule has 3 heterocycles. The summed E-state index contributed by atoms with van der Waals surface area (Å²) >= 11 is 1.46. The second-order valence-corrected chi connectivity index (χ2v) is 8.58. The van der Waals surface area contributed by atoms with Crippen molar-refractivity contribution >= 4 is 28.4 Å². The van der Waals surface area contributed by atoms with Gasteiger partial charge in [-0.15, -0.1) is 10.2 Å². The third kappa shape index (κ3) is 3.31. The Hall–Kier alpha value is -3.46. The van der Waals surface area contributed by atoms with Crippen molar-refractivity contribution < 1.29 is 4.52 Å². The fraction of sp³-hybridized carbons (Fsp3) is 0.227. The zero-order chi connectivity index (χ0) is 21.5. The van der Waals surface area contributed by atoms with Crippen molar-refractivity contribution in [3.05, 3.63) is 76.2 Å². The lowest BCUT2D eigenvalue weighted by Crippen LogP contribution is -2.21. The van der Waals surface area contributed by atoms with Crippen molar-refractivity contribution in [2.75, 3.05) is 0 Å². The molecule has 1 atom stereocenters. The van der Waals surface area contributed by atoms with Gasteiger partial charge in [-0.25, -0.2) is 4.57 Å². The molecule has 0 saturated heterocycles. The second kappa shape index (κ2) is 7.66. The lowest BCUT2D eigenvalue weighted by molar-refractivity contribution is 0.375. The first kappa shape index (κ1) is 19.5. The van der Waals surface area contributed by atoms with Crippen LogP contribution in [-0.2, 0) is 6.42 Å². The van der Waals surface area contributed by atoms with E-state index in [1.807, 2.05) is 73.7 Å². The number of nitrogens with zero attached hydrogens (tertiary/aromatic N) is 6. The largest absolute Gasteiger partial charge is 0.338 e. The van der Waals surface area contributed by atoms with E-state index in [-0.39, 0.29) is 10.8 Å². The van der Waals surface area contributed by atoms with Crippen LogP contribution in [0.3, 0.4) is 0 Å². The lowest BCUT2D eigenvalue weighted by atomic mass is 10.2. The summed E-state index contributed by atoms with van der Waals surface area (Å²) in [6, 6.07) is 15.3. The standard InChI is InChI=1S/C22H20N6O2S/c1-4-18-23-19(30-26-18)14(3)31-22-25-24-21-27(15-11-9-13(2)10-12-15)20(29)16-7-5-6-8-17(16)28(21)22/h5-12,14H,4H2,1-3H3. The molecule has 8 nitrogen and oxygen atoms in total. The lowest BCUT2D eigenvalue weighted by Gasteiger charge is -2.12. The van der Waals surface area contributed by atoms with Gasteiger partial charge in [0.15, 0.2) is 11.0 Å². The highest BCUT2D eigenvalue weighted by atomic mass is 32.2. The first-order chi connectivity index (χ1) is 15.1. The molecule has 0 saturated carbocycles. The fourth-order valence-electron chi connectivity index (χ4n) is 3.47. The van der Waals surface area contributed by atoms with Crippen molar-refractivity contribution in [1.82, 2.24) is 29.3 Å². The number of benzene rings is 2. The van der Waals surface area contributed by atoms with Gasteiger partial charge in [0.05, 0.1) is 21.8 Å². The molecule has 3 aromatic heterocycles. The summed E-state index contributed by atoms with van der Waals surface area (Å²) in [6.45, 7) is 5.98. The Kier molecular flexibility index (Phi) is 4.82. The van der Waals surface area contributed by atoms with Crippen LogP contribution in [0.15, 0.2) is 63.0 Å². The van der Waals surface area contributed by atoms with Crippen LogP contribution in [-0.4, -0.2) is 29.3 Å². The van der Waals surface area contributed by atoms with E-state index >= 15 is 0 Å². The number of aryl methyl sites for hydroxylation is 2. The van der Waals surface area contributed by atoms with Crippen LogP contribution >= 0.6 is 11.8 Å². The van der Waals surface area contributed by atoms with E-state index in [0.717, 1.165) is 16.8 Å². The van der Waals surface area contributed by atoms with Crippen molar-refractivity contribution in [3.63, 3.8) is 0 Å². The van der Waals surface area contributed by atoms with Gasteiger partial charge in [0.2, 0.25) is 11.7 Å². The predicted molar refractivity (Wildman–Crippen MR) is 119 cm³/mol. The Labute approximate surface area is 181 Å². The van der Waals surface area contributed by atoms with E-state index < -0.39 is 0 Å². The Bertz CT molecular complexity index is 1450. The van der Waals surface area contributed by atoms with Crippen molar-refractivity contribution in [2.45, 2.75) is 37.6 Å². The van der Waals surface area contributed by atoms with Gasteiger partial charge in [0.25, 0.3) is 5.56 Å². The van der Waals surface area contributed by atoms with Crippen molar-refractivity contribution in [3.8, 4) is 5.69 Å². The van der Waals surface area contributed by atoms with Gasteiger partial charge >= 0.3 is 0 Å². The second-order valence-electron chi connectivity index (χ2n) is 7.27. The van der Waals surface area contributed by atoms with Gasteiger partial charge < -0.3 is 4.52 Å². The molecular weight excluding hydrogens is 412 g/mol. The van der Waals surface area contributed by atoms with Crippen LogP contribution in [0.2, 0.25) is 0 Å². The van der Waals surface area contributed by atoms with Crippen molar-refractivity contribution in [2.24, 2.45) is 0 Å². The van der Waals surface area contributed by atoms with Gasteiger partial charge in [-0.2, -0.15) is 4.98 Å². The number of fused-ring (bicyclic) bond motifs is 3. The summed E-state index contributed by atoms with van der Waals surface area (Å²) in [4.78, 5) is 17.8. The molecule has 0 aliphatic carbocycles. The molecule has 0 N–H and O–H groups in total. The number of hydrogen-bond donors (Lipinski definition) is 0. The first-order valence-electron chi connectivity index (χ1n) is 10.0. The third-order valence-electron chi connectivity index (χ3n) is 5.12. The smallest absolute Gasteiger partial charge is 0.267 e. The van der Waals surface area contributed by atoms with E-state index in [1.54, 1.807) is 4.57 Å². The minimum atomic E-state index is -0.131. The van der Waals surface area contributed by atoms with Crippen LogP contribution < -0.4 is 5.56 Å². The molecule has 31 heavy (non-hydrogen) atoms. The molecule has 9 heteroatoms. The molecule has 156 valence electrons.